The Kier molecular flexibility index (Phi) is 4.22. The molecule has 2 nitrogen and oxygen atoms in total. The summed E-state index contributed by atoms with van der Waals surface area (Å²) in [4.78, 5) is 12.1. The van der Waals surface area contributed by atoms with Gasteiger partial charge in [-0.15, -0.1) is 0 Å². The molecule has 98 valence electrons. The standard InChI is InChI=1S/C14H10BrClFNO/c15-10-6-8(4-5-12(10)18)13(19)7-9-2-1-3-11(17)14(9)16/h1-6H,7,18H2. The number of hydrogen-bond acceptors (Lipinski definition) is 2. The number of carbonyl (C=O) groups is 1. The van der Waals surface area contributed by atoms with Crippen molar-refractivity contribution in [3.8, 4) is 0 Å². The van der Waals surface area contributed by atoms with E-state index in [9.17, 15) is 9.18 Å². The minimum absolute atomic E-state index is 0.00893. The number of carbonyl (C=O) groups excluding carboxylic acids is 1. The van der Waals surface area contributed by atoms with E-state index in [4.69, 9.17) is 17.3 Å². The first-order valence-corrected chi connectivity index (χ1v) is 6.67. The van der Waals surface area contributed by atoms with Gasteiger partial charge in [0.25, 0.3) is 0 Å². The largest absolute Gasteiger partial charge is 0.398 e. The Balaban J connectivity index is 2.26. The van der Waals surface area contributed by atoms with E-state index >= 15 is 0 Å². The van der Waals surface area contributed by atoms with Gasteiger partial charge in [-0.3, -0.25) is 4.79 Å². The highest BCUT2D eigenvalue weighted by atomic mass is 79.9. The van der Waals surface area contributed by atoms with Gasteiger partial charge in [0, 0.05) is 22.1 Å². The fourth-order valence-electron chi connectivity index (χ4n) is 1.66. The zero-order valence-electron chi connectivity index (χ0n) is 9.79. The third-order valence-electron chi connectivity index (χ3n) is 2.71. The molecule has 2 N–H and O–H groups in total. The topological polar surface area (TPSA) is 43.1 Å². The number of nitrogen functional groups attached to an aromatic ring is 1. The van der Waals surface area contributed by atoms with E-state index in [2.05, 4.69) is 15.9 Å². The van der Waals surface area contributed by atoms with E-state index in [0.29, 0.717) is 21.3 Å². The molecule has 0 bridgehead atoms. The molecule has 0 fully saturated rings. The molecule has 0 saturated carbocycles. The maximum Gasteiger partial charge on any atom is 0.167 e. The summed E-state index contributed by atoms with van der Waals surface area (Å²) >= 11 is 9.09. The minimum atomic E-state index is -0.523. The molecule has 0 aliphatic heterocycles. The Bertz CT molecular complexity index is 645. The minimum Gasteiger partial charge on any atom is -0.398 e. The fourth-order valence-corrected chi connectivity index (χ4v) is 2.23. The van der Waals surface area contributed by atoms with Crippen molar-refractivity contribution in [1.82, 2.24) is 0 Å². The average Bonchev–Trinajstić information content (AvgIpc) is 2.38. The molecule has 0 aliphatic rings. The van der Waals surface area contributed by atoms with Gasteiger partial charge in [0.05, 0.1) is 5.02 Å². The van der Waals surface area contributed by atoms with Crippen molar-refractivity contribution in [1.29, 1.82) is 0 Å². The quantitative estimate of drug-likeness (QED) is 0.669. The van der Waals surface area contributed by atoms with E-state index in [1.807, 2.05) is 0 Å². The van der Waals surface area contributed by atoms with Crippen LogP contribution in [0.4, 0.5) is 10.1 Å². The Labute approximate surface area is 123 Å². The Morgan fingerprint density at radius 1 is 1.32 bits per heavy atom. The van der Waals surface area contributed by atoms with Crippen molar-refractivity contribution < 1.29 is 9.18 Å². The van der Waals surface area contributed by atoms with Crippen LogP contribution in [0.1, 0.15) is 15.9 Å². The second-order valence-electron chi connectivity index (χ2n) is 4.05. The predicted octanol–water partition coefficient (Wildman–Crippen LogP) is 4.25. The van der Waals surface area contributed by atoms with Gasteiger partial charge < -0.3 is 5.73 Å². The Morgan fingerprint density at radius 3 is 2.74 bits per heavy atom. The molecule has 0 saturated heterocycles. The highest BCUT2D eigenvalue weighted by Gasteiger charge is 2.12. The maximum absolute atomic E-state index is 13.3. The van der Waals surface area contributed by atoms with Crippen LogP contribution in [0.5, 0.6) is 0 Å². The summed E-state index contributed by atoms with van der Waals surface area (Å²) in [5.41, 5.74) is 7.19. The molecule has 0 atom stereocenters. The number of anilines is 1. The molecule has 2 rings (SSSR count). The summed E-state index contributed by atoms with van der Waals surface area (Å²) in [7, 11) is 0. The lowest BCUT2D eigenvalue weighted by Crippen LogP contribution is -2.05. The van der Waals surface area contributed by atoms with Gasteiger partial charge in [-0.05, 0) is 45.8 Å². The van der Waals surface area contributed by atoms with Crippen LogP contribution < -0.4 is 5.73 Å². The van der Waals surface area contributed by atoms with Crippen LogP contribution in [-0.4, -0.2) is 5.78 Å². The van der Waals surface area contributed by atoms with Gasteiger partial charge >= 0.3 is 0 Å². The lowest BCUT2D eigenvalue weighted by atomic mass is 10.0. The van der Waals surface area contributed by atoms with Gasteiger partial charge in [-0.1, -0.05) is 23.7 Å². The summed E-state index contributed by atoms with van der Waals surface area (Å²) in [6, 6.07) is 9.35. The average molecular weight is 343 g/mol. The second kappa shape index (κ2) is 5.72. The van der Waals surface area contributed by atoms with Crippen molar-refractivity contribution in [2.75, 3.05) is 5.73 Å². The van der Waals surface area contributed by atoms with Crippen molar-refractivity contribution in [2.24, 2.45) is 0 Å². The maximum atomic E-state index is 13.3. The van der Waals surface area contributed by atoms with Gasteiger partial charge in [0.15, 0.2) is 5.78 Å². The Hall–Kier alpha value is -1.39. The summed E-state index contributed by atoms with van der Waals surface area (Å²) in [5, 5.41) is -0.00893. The SMILES string of the molecule is Nc1ccc(C(=O)Cc2cccc(F)c2Cl)cc1Br. The van der Waals surface area contributed by atoms with Crippen LogP contribution in [-0.2, 0) is 6.42 Å². The molecule has 0 unspecified atom stereocenters. The number of Topliss-reactive ketones (excluding diaryl/α,β-unsaturated/α-hetero) is 1. The molecule has 0 heterocycles. The van der Waals surface area contributed by atoms with Crippen molar-refractivity contribution >= 4 is 39.0 Å². The molecule has 2 aromatic carbocycles. The summed E-state index contributed by atoms with van der Waals surface area (Å²) in [5.74, 6) is -0.668. The summed E-state index contributed by atoms with van der Waals surface area (Å²) < 4.78 is 13.9. The molecule has 0 spiro atoms. The van der Waals surface area contributed by atoms with Crippen molar-refractivity contribution in [2.45, 2.75) is 6.42 Å². The van der Waals surface area contributed by atoms with Crippen molar-refractivity contribution in [3.63, 3.8) is 0 Å². The molecule has 0 aromatic heterocycles. The molecule has 19 heavy (non-hydrogen) atoms. The van der Waals surface area contributed by atoms with Crippen LogP contribution in [0.15, 0.2) is 40.9 Å². The Morgan fingerprint density at radius 2 is 2.05 bits per heavy atom. The van der Waals surface area contributed by atoms with Gasteiger partial charge in [-0.2, -0.15) is 0 Å². The zero-order valence-corrected chi connectivity index (χ0v) is 12.1. The fraction of sp³-hybridized carbons (Fsp3) is 0.0714. The summed E-state index contributed by atoms with van der Waals surface area (Å²) in [6.45, 7) is 0. The zero-order chi connectivity index (χ0) is 14.0. The van der Waals surface area contributed by atoms with Crippen LogP contribution in [0, 0.1) is 5.82 Å². The second-order valence-corrected chi connectivity index (χ2v) is 5.28. The van der Waals surface area contributed by atoms with Crippen LogP contribution in [0.3, 0.4) is 0 Å². The number of halogens is 3. The van der Waals surface area contributed by atoms with Gasteiger partial charge in [-0.25, -0.2) is 4.39 Å². The number of benzene rings is 2. The molecule has 0 amide bonds. The number of hydrogen-bond donors (Lipinski definition) is 1. The third kappa shape index (κ3) is 3.14. The molecule has 0 aliphatic carbocycles. The number of nitrogens with two attached hydrogens (primary N) is 1. The lowest BCUT2D eigenvalue weighted by Gasteiger charge is -2.06. The molecule has 0 radical (unpaired) electrons. The smallest absolute Gasteiger partial charge is 0.167 e. The normalized spacial score (nSPS) is 10.5. The molecular weight excluding hydrogens is 333 g/mol. The van der Waals surface area contributed by atoms with Crippen molar-refractivity contribution in [3.05, 3.63) is 62.8 Å². The molecule has 5 heteroatoms. The number of rotatable bonds is 3. The van der Waals surface area contributed by atoms with Crippen LogP contribution >= 0.6 is 27.5 Å². The summed E-state index contributed by atoms with van der Waals surface area (Å²) in [6.07, 6.45) is 0.0486. The van der Waals surface area contributed by atoms with E-state index in [-0.39, 0.29) is 17.2 Å². The van der Waals surface area contributed by atoms with E-state index in [1.54, 1.807) is 24.3 Å². The molecule has 2 aromatic rings. The first-order valence-electron chi connectivity index (χ1n) is 5.50. The van der Waals surface area contributed by atoms with E-state index in [0.717, 1.165) is 0 Å². The first kappa shape index (κ1) is 14.0. The lowest BCUT2D eigenvalue weighted by molar-refractivity contribution is 0.0993. The van der Waals surface area contributed by atoms with Gasteiger partial charge in [0.1, 0.15) is 5.82 Å². The highest BCUT2D eigenvalue weighted by Crippen LogP contribution is 2.24. The number of ketones is 1. The van der Waals surface area contributed by atoms with Crippen LogP contribution in [0.25, 0.3) is 0 Å². The third-order valence-corrected chi connectivity index (χ3v) is 3.82. The predicted molar refractivity (Wildman–Crippen MR) is 78.0 cm³/mol. The van der Waals surface area contributed by atoms with E-state index in [1.165, 1.54) is 12.1 Å². The highest BCUT2D eigenvalue weighted by molar-refractivity contribution is 9.10. The van der Waals surface area contributed by atoms with E-state index < -0.39 is 5.82 Å². The van der Waals surface area contributed by atoms with Gasteiger partial charge in [0.2, 0.25) is 0 Å². The van der Waals surface area contributed by atoms with Crippen LogP contribution in [0.2, 0.25) is 5.02 Å². The first-order chi connectivity index (χ1) is 8.99. The monoisotopic (exact) mass is 341 g/mol. The molecular formula is C14H10BrClFNO.